The lowest BCUT2D eigenvalue weighted by Crippen LogP contribution is -2.22. The van der Waals surface area contributed by atoms with Gasteiger partial charge in [-0.3, -0.25) is 29.1 Å². The monoisotopic (exact) mass is 335 g/mol. The molecular weight excluding hydrogens is 318 g/mol. The van der Waals surface area contributed by atoms with Gasteiger partial charge < -0.3 is 10.6 Å². The summed E-state index contributed by atoms with van der Waals surface area (Å²) in [5, 5.41) is 23.9. The van der Waals surface area contributed by atoms with E-state index in [1.165, 1.54) is 28.8 Å². The Morgan fingerprint density at radius 2 is 1.71 bits per heavy atom. The molecule has 0 aliphatic rings. The van der Waals surface area contributed by atoms with Crippen LogP contribution in [0.3, 0.4) is 0 Å². The number of carbonyl (C=O) groups excluding carboxylic acids is 2. The molecule has 0 atom stereocenters. The maximum atomic E-state index is 12.4. The van der Waals surface area contributed by atoms with Crippen LogP contribution in [0.2, 0.25) is 0 Å². The largest absolute Gasteiger partial charge is 0.354 e. The van der Waals surface area contributed by atoms with Crippen molar-refractivity contribution in [2.24, 2.45) is 0 Å². The van der Waals surface area contributed by atoms with Crippen molar-refractivity contribution in [2.75, 3.05) is 12.4 Å². The van der Waals surface area contributed by atoms with Crippen molar-refractivity contribution in [1.29, 1.82) is 0 Å². The number of anilines is 1. The number of aryl methyl sites for hydroxylation is 2. The van der Waals surface area contributed by atoms with Crippen molar-refractivity contribution in [3.63, 3.8) is 0 Å². The van der Waals surface area contributed by atoms with E-state index in [2.05, 4.69) is 20.8 Å². The lowest BCUT2D eigenvalue weighted by Gasteiger charge is -2.02. The first-order chi connectivity index (χ1) is 11.4. The van der Waals surface area contributed by atoms with Gasteiger partial charge in [-0.15, -0.1) is 0 Å². The minimum Gasteiger partial charge on any atom is -0.354 e. The molecule has 0 aliphatic heterocycles. The van der Waals surface area contributed by atoms with E-state index in [1.54, 1.807) is 6.92 Å². The third kappa shape index (κ3) is 3.24. The maximum absolute atomic E-state index is 12.4. The molecule has 2 rings (SSSR count). The Balaban J connectivity index is 2.36. The number of aromatic nitrogens is 4. The van der Waals surface area contributed by atoms with Crippen LogP contribution in [0.25, 0.3) is 0 Å². The first-order valence-electron chi connectivity index (χ1n) is 7.23. The number of nitrogens with one attached hydrogen (secondary N) is 2. The first-order valence-corrected chi connectivity index (χ1v) is 7.23. The van der Waals surface area contributed by atoms with Crippen LogP contribution in [-0.4, -0.2) is 43.3 Å². The predicted octanol–water partition coefficient (Wildman–Crippen LogP) is 0.639. The Bertz CT molecular complexity index is 792. The molecule has 2 heterocycles. The van der Waals surface area contributed by atoms with E-state index >= 15 is 0 Å². The molecule has 0 saturated carbocycles. The smallest absolute Gasteiger partial charge is 0.320 e. The molecule has 0 saturated heterocycles. The molecule has 0 unspecified atom stereocenters. The summed E-state index contributed by atoms with van der Waals surface area (Å²) in [4.78, 5) is 34.6. The van der Waals surface area contributed by atoms with E-state index in [4.69, 9.17) is 0 Å². The van der Waals surface area contributed by atoms with E-state index in [9.17, 15) is 19.7 Å². The van der Waals surface area contributed by atoms with Gasteiger partial charge in [0.2, 0.25) is 5.69 Å². The third-order valence-corrected chi connectivity index (χ3v) is 3.25. The average molecular weight is 335 g/mol. The second kappa shape index (κ2) is 6.89. The molecule has 24 heavy (non-hydrogen) atoms. The van der Waals surface area contributed by atoms with Crippen LogP contribution in [0, 0.1) is 10.1 Å². The van der Waals surface area contributed by atoms with Gasteiger partial charge in [-0.2, -0.15) is 10.2 Å². The number of amides is 2. The second-order valence-corrected chi connectivity index (χ2v) is 4.76. The Labute approximate surface area is 136 Å². The van der Waals surface area contributed by atoms with Crippen LogP contribution in [0.1, 0.15) is 34.8 Å². The molecule has 2 N–H and O–H groups in total. The Kier molecular flexibility index (Phi) is 4.92. The lowest BCUT2D eigenvalue weighted by atomic mass is 10.3. The van der Waals surface area contributed by atoms with E-state index in [0.717, 1.165) is 0 Å². The molecule has 11 heteroatoms. The Morgan fingerprint density at radius 1 is 1.12 bits per heavy atom. The third-order valence-electron chi connectivity index (χ3n) is 3.25. The van der Waals surface area contributed by atoms with E-state index < -0.39 is 22.4 Å². The summed E-state index contributed by atoms with van der Waals surface area (Å²) in [6.07, 6.45) is 2.66. The van der Waals surface area contributed by atoms with E-state index in [0.29, 0.717) is 13.1 Å². The fourth-order valence-electron chi connectivity index (χ4n) is 2.01. The Morgan fingerprint density at radius 3 is 2.25 bits per heavy atom. The van der Waals surface area contributed by atoms with Crippen molar-refractivity contribution >= 4 is 23.2 Å². The zero-order valence-electron chi connectivity index (χ0n) is 13.4. The van der Waals surface area contributed by atoms with Gasteiger partial charge in [0.1, 0.15) is 6.20 Å². The van der Waals surface area contributed by atoms with Crippen molar-refractivity contribution in [1.82, 2.24) is 24.9 Å². The molecule has 11 nitrogen and oxygen atoms in total. The van der Waals surface area contributed by atoms with Gasteiger partial charge in [-0.1, -0.05) is 0 Å². The van der Waals surface area contributed by atoms with Gasteiger partial charge in [0.15, 0.2) is 5.69 Å². The molecule has 2 amide bonds. The van der Waals surface area contributed by atoms with Gasteiger partial charge in [0.05, 0.1) is 10.6 Å². The summed E-state index contributed by atoms with van der Waals surface area (Å²) in [6, 6.07) is 0. The summed E-state index contributed by atoms with van der Waals surface area (Å²) < 4.78 is 2.77. The number of hydrogen-bond acceptors (Lipinski definition) is 6. The molecule has 128 valence electrons. The van der Waals surface area contributed by atoms with Crippen LogP contribution in [0.15, 0.2) is 12.4 Å². The quantitative estimate of drug-likeness (QED) is 0.587. The standard InChI is InChI=1S/C13H17N7O4/c1-4-18-6-8(10(16-18)12(21)14-3)15-13(22)11-9(20(23)24)7-19(5-2)17-11/h6-7H,4-5H2,1-3H3,(H,14,21)(H,15,22). The molecule has 0 aliphatic carbocycles. The molecule has 0 fully saturated rings. The molecule has 0 radical (unpaired) electrons. The lowest BCUT2D eigenvalue weighted by molar-refractivity contribution is -0.385. The highest BCUT2D eigenvalue weighted by Gasteiger charge is 2.27. The molecule has 2 aromatic rings. The second-order valence-electron chi connectivity index (χ2n) is 4.76. The fraction of sp³-hybridized carbons (Fsp3) is 0.385. The van der Waals surface area contributed by atoms with Crippen LogP contribution in [-0.2, 0) is 13.1 Å². The summed E-state index contributed by atoms with van der Waals surface area (Å²) in [7, 11) is 1.44. The van der Waals surface area contributed by atoms with Crippen LogP contribution >= 0.6 is 0 Å². The molecule has 0 spiro atoms. The van der Waals surface area contributed by atoms with Crippen molar-refractivity contribution < 1.29 is 14.5 Å². The normalized spacial score (nSPS) is 10.5. The highest BCUT2D eigenvalue weighted by atomic mass is 16.6. The number of nitro groups is 1. The summed E-state index contributed by atoms with van der Waals surface area (Å²) in [5.74, 6) is -1.26. The number of hydrogen-bond donors (Lipinski definition) is 2. The van der Waals surface area contributed by atoms with Gasteiger partial charge in [0.25, 0.3) is 11.8 Å². The van der Waals surface area contributed by atoms with Crippen molar-refractivity contribution in [2.45, 2.75) is 26.9 Å². The topological polar surface area (TPSA) is 137 Å². The molecule has 0 aromatic carbocycles. The van der Waals surface area contributed by atoms with Crippen LogP contribution in [0.5, 0.6) is 0 Å². The number of nitrogens with zero attached hydrogens (tertiary/aromatic N) is 5. The van der Waals surface area contributed by atoms with E-state index in [1.807, 2.05) is 6.92 Å². The summed E-state index contributed by atoms with van der Waals surface area (Å²) in [6.45, 7) is 4.43. The minimum atomic E-state index is -0.783. The van der Waals surface area contributed by atoms with Gasteiger partial charge >= 0.3 is 5.69 Å². The first kappa shape index (κ1) is 17.1. The maximum Gasteiger partial charge on any atom is 0.320 e. The SMILES string of the molecule is CCn1cc(NC(=O)c2nn(CC)cc2[N+](=O)[O-])c(C(=O)NC)n1. The summed E-state index contributed by atoms with van der Waals surface area (Å²) in [5.41, 5.74) is -0.556. The summed E-state index contributed by atoms with van der Waals surface area (Å²) >= 11 is 0. The minimum absolute atomic E-state index is 0.0188. The van der Waals surface area contributed by atoms with Gasteiger partial charge in [-0.05, 0) is 13.8 Å². The van der Waals surface area contributed by atoms with Gasteiger partial charge in [0, 0.05) is 26.3 Å². The Hall–Kier alpha value is -3.24. The zero-order chi connectivity index (χ0) is 17.9. The number of carbonyl (C=O) groups is 2. The molecule has 0 bridgehead atoms. The average Bonchev–Trinajstić information content (AvgIpc) is 3.17. The van der Waals surface area contributed by atoms with Crippen LogP contribution in [0.4, 0.5) is 11.4 Å². The van der Waals surface area contributed by atoms with E-state index in [-0.39, 0.29) is 17.1 Å². The fourth-order valence-corrected chi connectivity index (χ4v) is 2.01. The van der Waals surface area contributed by atoms with Crippen molar-refractivity contribution in [3.05, 3.63) is 33.9 Å². The van der Waals surface area contributed by atoms with Gasteiger partial charge in [-0.25, -0.2) is 0 Å². The predicted molar refractivity (Wildman–Crippen MR) is 83.8 cm³/mol. The molecule has 2 aromatic heterocycles. The number of rotatable bonds is 6. The molecular formula is C13H17N7O4. The van der Waals surface area contributed by atoms with Crippen molar-refractivity contribution in [3.8, 4) is 0 Å². The highest BCUT2D eigenvalue weighted by Crippen LogP contribution is 2.20. The van der Waals surface area contributed by atoms with Crippen LogP contribution < -0.4 is 10.6 Å². The highest BCUT2D eigenvalue weighted by molar-refractivity contribution is 6.08. The zero-order valence-corrected chi connectivity index (χ0v) is 13.4.